The van der Waals surface area contributed by atoms with Gasteiger partial charge in [-0.25, -0.2) is 0 Å². The van der Waals surface area contributed by atoms with Crippen LogP contribution in [0.1, 0.15) is 29.6 Å². The van der Waals surface area contributed by atoms with E-state index in [9.17, 15) is 14.9 Å². The molecule has 0 bridgehead atoms. The molecule has 0 aromatic heterocycles. The summed E-state index contributed by atoms with van der Waals surface area (Å²) in [5.41, 5.74) is 0.393. The minimum Gasteiger partial charge on any atom is -0.485 e. The van der Waals surface area contributed by atoms with Crippen LogP contribution in [0.2, 0.25) is 0 Å². The van der Waals surface area contributed by atoms with Crippen molar-refractivity contribution in [2.75, 3.05) is 0 Å². The van der Waals surface area contributed by atoms with E-state index in [1.165, 1.54) is 24.3 Å². The number of benzene rings is 2. The summed E-state index contributed by atoms with van der Waals surface area (Å²) in [7, 11) is 0. The quantitative estimate of drug-likeness (QED) is 0.295. The molecule has 0 saturated heterocycles. The van der Waals surface area contributed by atoms with Gasteiger partial charge in [-0.2, -0.15) is 0 Å². The van der Waals surface area contributed by atoms with E-state index in [4.69, 9.17) is 9.47 Å². The summed E-state index contributed by atoms with van der Waals surface area (Å²) >= 11 is 3.60. The predicted octanol–water partition coefficient (Wildman–Crippen LogP) is 4.89. The van der Waals surface area contributed by atoms with Gasteiger partial charge >= 0.3 is 0 Å². The first-order valence-corrected chi connectivity index (χ1v) is 8.81. The topological polar surface area (TPSA) is 78.7 Å². The van der Waals surface area contributed by atoms with E-state index >= 15 is 0 Å². The van der Waals surface area contributed by atoms with Gasteiger partial charge in [0.1, 0.15) is 11.9 Å². The molecule has 1 aliphatic rings. The monoisotopic (exact) mass is 405 g/mol. The van der Waals surface area contributed by atoms with E-state index in [0.717, 1.165) is 25.5 Å². The van der Waals surface area contributed by atoms with Crippen molar-refractivity contribution in [1.29, 1.82) is 0 Å². The minimum atomic E-state index is -0.471. The van der Waals surface area contributed by atoms with E-state index in [0.29, 0.717) is 22.8 Å². The molecular weight excluding hydrogens is 390 g/mol. The van der Waals surface area contributed by atoms with Gasteiger partial charge in [-0.15, -0.1) is 0 Å². The molecule has 2 atom stereocenters. The molecule has 0 N–H and O–H groups in total. The van der Waals surface area contributed by atoms with Gasteiger partial charge < -0.3 is 9.47 Å². The van der Waals surface area contributed by atoms with Crippen LogP contribution in [0.3, 0.4) is 0 Å². The first-order valence-electron chi connectivity index (χ1n) is 7.89. The Morgan fingerprint density at radius 1 is 1.16 bits per heavy atom. The van der Waals surface area contributed by atoms with E-state index in [2.05, 4.69) is 15.9 Å². The number of para-hydroxylation sites is 1. The molecule has 6 nitrogen and oxygen atoms in total. The van der Waals surface area contributed by atoms with Crippen LogP contribution in [0, 0.1) is 10.1 Å². The third-order valence-electron chi connectivity index (χ3n) is 4.05. The molecule has 2 aromatic carbocycles. The molecule has 130 valence electrons. The van der Waals surface area contributed by atoms with E-state index in [-0.39, 0.29) is 16.6 Å². The smallest absolute Gasteiger partial charge is 0.269 e. The van der Waals surface area contributed by atoms with Crippen LogP contribution in [0.5, 0.6) is 17.2 Å². The van der Waals surface area contributed by atoms with E-state index in [1.807, 2.05) is 0 Å². The second kappa shape index (κ2) is 7.65. The highest BCUT2D eigenvalue weighted by atomic mass is 79.9. The number of rotatable bonds is 6. The highest BCUT2D eigenvalue weighted by molar-refractivity contribution is 9.09. The molecule has 2 aromatic rings. The summed E-state index contributed by atoms with van der Waals surface area (Å²) in [6.45, 7) is 0. The fraction of sp³-hybridized carbons (Fsp3) is 0.278. The van der Waals surface area contributed by atoms with Gasteiger partial charge in [-0.1, -0.05) is 22.0 Å². The highest BCUT2D eigenvalue weighted by Gasteiger charge is 2.28. The SMILES string of the molecule is O=Cc1cccc(Oc2ccc([N+](=O)[O-])cc2)c1OC1CCCC1Br. The molecule has 0 spiro atoms. The predicted molar refractivity (Wildman–Crippen MR) is 96.0 cm³/mol. The Hall–Kier alpha value is -2.41. The highest BCUT2D eigenvalue weighted by Crippen LogP contribution is 2.38. The summed E-state index contributed by atoms with van der Waals surface area (Å²) in [5.74, 6) is 1.23. The molecule has 0 amide bonds. The van der Waals surface area contributed by atoms with E-state index in [1.54, 1.807) is 18.2 Å². The van der Waals surface area contributed by atoms with Crippen molar-refractivity contribution < 1.29 is 19.2 Å². The molecule has 25 heavy (non-hydrogen) atoms. The molecule has 1 saturated carbocycles. The lowest BCUT2D eigenvalue weighted by Gasteiger charge is -2.20. The third kappa shape index (κ3) is 3.99. The van der Waals surface area contributed by atoms with E-state index < -0.39 is 4.92 Å². The maximum atomic E-state index is 11.4. The number of non-ortho nitro benzene ring substituents is 1. The Bertz CT molecular complexity index is 778. The lowest BCUT2D eigenvalue weighted by Crippen LogP contribution is -2.22. The van der Waals surface area contributed by atoms with Crippen LogP contribution in [-0.2, 0) is 0 Å². The first kappa shape index (κ1) is 17.4. The fourth-order valence-corrected chi connectivity index (χ4v) is 3.46. The van der Waals surface area contributed by atoms with Gasteiger partial charge in [0.2, 0.25) is 0 Å². The second-order valence-corrected chi connectivity index (χ2v) is 6.92. The lowest BCUT2D eigenvalue weighted by molar-refractivity contribution is -0.384. The fourth-order valence-electron chi connectivity index (χ4n) is 2.76. The zero-order valence-corrected chi connectivity index (χ0v) is 14.8. The summed E-state index contributed by atoms with van der Waals surface area (Å²) in [4.78, 5) is 21.9. The van der Waals surface area contributed by atoms with Gasteiger partial charge in [-0.05, 0) is 43.5 Å². The minimum absolute atomic E-state index is 0.0152. The summed E-state index contributed by atoms with van der Waals surface area (Å²) < 4.78 is 11.9. The molecule has 0 aliphatic heterocycles. The van der Waals surface area contributed by atoms with Crippen molar-refractivity contribution in [3.05, 3.63) is 58.1 Å². The van der Waals surface area contributed by atoms with Crippen LogP contribution in [0.4, 0.5) is 5.69 Å². The van der Waals surface area contributed by atoms with Crippen molar-refractivity contribution in [3.63, 3.8) is 0 Å². The average Bonchev–Trinajstić information content (AvgIpc) is 3.01. The largest absolute Gasteiger partial charge is 0.485 e. The van der Waals surface area contributed by atoms with Crippen molar-refractivity contribution in [2.45, 2.75) is 30.2 Å². The zero-order chi connectivity index (χ0) is 17.8. The Balaban J connectivity index is 1.87. The number of carbonyl (C=O) groups excluding carboxylic acids is 1. The normalized spacial score (nSPS) is 19.4. The molecule has 1 aliphatic carbocycles. The van der Waals surface area contributed by atoms with Crippen LogP contribution in [0.25, 0.3) is 0 Å². The van der Waals surface area contributed by atoms with Crippen LogP contribution < -0.4 is 9.47 Å². The number of nitro benzene ring substituents is 1. The van der Waals surface area contributed by atoms with Gasteiger partial charge in [0.25, 0.3) is 5.69 Å². The molecule has 3 rings (SSSR count). The van der Waals surface area contributed by atoms with Gasteiger partial charge in [0.15, 0.2) is 17.8 Å². The maximum absolute atomic E-state index is 11.4. The molecule has 2 unspecified atom stereocenters. The van der Waals surface area contributed by atoms with Gasteiger partial charge in [0.05, 0.1) is 15.3 Å². The lowest BCUT2D eigenvalue weighted by atomic mass is 10.2. The number of hydrogen-bond donors (Lipinski definition) is 0. The third-order valence-corrected chi connectivity index (χ3v) is 5.10. The Morgan fingerprint density at radius 2 is 1.92 bits per heavy atom. The second-order valence-electron chi connectivity index (χ2n) is 5.75. The van der Waals surface area contributed by atoms with Crippen LogP contribution in [-0.4, -0.2) is 22.1 Å². The summed E-state index contributed by atoms with van der Waals surface area (Å²) in [6.07, 6.45) is 3.69. The number of ether oxygens (including phenoxy) is 2. The van der Waals surface area contributed by atoms with Crippen molar-refractivity contribution in [1.82, 2.24) is 0 Å². The molecule has 0 radical (unpaired) electrons. The van der Waals surface area contributed by atoms with Crippen molar-refractivity contribution in [2.24, 2.45) is 0 Å². The van der Waals surface area contributed by atoms with Crippen molar-refractivity contribution >= 4 is 27.9 Å². The summed E-state index contributed by atoms with van der Waals surface area (Å²) in [6, 6.07) is 10.8. The number of hydrogen-bond acceptors (Lipinski definition) is 5. The molecular formula is C18H16BrNO5. The Kier molecular flexibility index (Phi) is 5.33. The first-order chi connectivity index (χ1) is 12.1. The Morgan fingerprint density at radius 3 is 2.52 bits per heavy atom. The number of nitro groups is 1. The summed E-state index contributed by atoms with van der Waals surface area (Å²) in [5, 5.41) is 10.7. The number of alkyl halides is 1. The van der Waals surface area contributed by atoms with Crippen LogP contribution >= 0.6 is 15.9 Å². The van der Waals surface area contributed by atoms with Crippen LogP contribution in [0.15, 0.2) is 42.5 Å². The zero-order valence-electron chi connectivity index (χ0n) is 13.3. The van der Waals surface area contributed by atoms with Gasteiger partial charge in [0, 0.05) is 12.1 Å². The standard InChI is InChI=1S/C18H16BrNO5/c19-15-4-2-5-16(15)25-18-12(11-21)3-1-6-17(18)24-14-9-7-13(8-10-14)20(22)23/h1,3,6-11,15-16H,2,4-5H2. The average molecular weight is 406 g/mol. The molecule has 0 heterocycles. The maximum Gasteiger partial charge on any atom is 0.269 e. The number of nitrogens with zero attached hydrogens (tertiary/aromatic N) is 1. The molecule has 1 fully saturated rings. The molecule has 7 heteroatoms. The number of carbonyl (C=O) groups is 1. The van der Waals surface area contributed by atoms with Gasteiger partial charge in [-0.3, -0.25) is 14.9 Å². The van der Waals surface area contributed by atoms with Crippen molar-refractivity contribution in [3.8, 4) is 17.2 Å². The number of halogens is 1. The Labute approximate surface area is 153 Å². The number of aldehydes is 1.